The van der Waals surface area contributed by atoms with E-state index in [0.717, 1.165) is 42.7 Å². The summed E-state index contributed by atoms with van der Waals surface area (Å²) in [6, 6.07) is 5.71. The first-order chi connectivity index (χ1) is 9.22. The maximum Gasteiger partial charge on any atom is 0.303 e. The lowest BCUT2D eigenvalue weighted by molar-refractivity contribution is -0.137. The molecule has 1 aliphatic heterocycles. The minimum Gasteiger partial charge on any atom is -0.481 e. The normalized spacial score (nSPS) is 14.4. The molecule has 1 aromatic rings. The SMILES string of the molecule is CCCCC[C@@H](CC(=O)O)c1cccc2c1OCO2. The Morgan fingerprint density at radius 1 is 1.37 bits per heavy atom. The predicted molar refractivity (Wildman–Crippen MR) is 71.7 cm³/mol. The second-order valence-electron chi connectivity index (χ2n) is 4.87. The molecule has 0 saturated heterocycles. The second-order valence-corrected chi connectivity index (χ2v) is 4.87. The van der Waals surface area contributed by atoms with Crippen molar-refractivity contribution in [3.63, 3.8) is 0 Å². The van der Waals surface area contributed by atoms with Crippen LogP contribution in [0.5, 0.6) is 11.5 Å². The zero-order valence-corrected chi connectivity index (χ0v) is 11.2. The molecule has 1 N–H and O–H groups in total. The van der Waals surface area contributed by atoms with Crippen molar-refractivity contribution >= 4 is 5.97 Å². The topological polar surface area (TPSA) is 55.8 Å². The number of ether oxygens (including phenoxy) is 2. The number of aliphatic carboxylic acids is 1. The highest BCUT2D eigenvalue weighted by Crippen LogP contribution is 2.41. The Bertz CT molecular complexity index is 442. The standard InChI is InChI=1S/C15H20O4/c1-2-3-4-6-11(9-14(16)17)12-7-5-8-13-15(12)19-10-18-13/h5,7-8,11H,2-4,6,9-10H2,1H3,(H,16,17)/t11-/m0/s1. The van der Waals surface area contributed by atoms with Crippen LogP contribution >= 0.6 is 0 Å². The van der Waals surface area contributed by atoms with Crippen LogP contribution in [-0.4, -0.2) is 17.9 Å². The van der Waals surface area contributed by atoms with Gasteiger partial charge in [0.25, 0.3) is 0 Å². The van der Waals surface area contributed by atoms with E-state index in [4.69, 9.17) is 14.6 Å². The highest BCUT2D eigenvalue weighted by molar-refractivity contribution is 5.68. The molecule has 0 spiro atoms. The molecule has 0 radical (unpaired) electrons. The average Bonchev–Trinajstić information content (AvgIpc) is 2.85. The molecule has 0 amide bonds. The van der Waals surface area contributed by atoms with Crippen LogP contribution in [0, 0.1) is 0 Å². The molecule has 1 aromatic carbocycles. The lowest BCUT2D eigenvalue weighted by atomic mass is 9.89. The third-order valence-corrected chi connectivity index (χ3v) is 3.44. The Labute approximate surface area is 113 Å². The summed E-state index contributed by atoms with van der Waals surface area (Å²) < 4.78 is 10.8. The number of rotatable bonds is 7. The first-order valence-electron chi connectivity index (χ1n) is 6.82. The van der Waals surface area contributed by atoms with Crippen molar-refractivity contribution in [3.05, 3.63) is 23.8 Å². The highest BCUT2D eigenvalue weighted by atomic mass is 16.7. The van der Waals surface area contributed by atoms with Gasteiger partial charge in [0.05, 0.1) is 6.42 Å². The summed E-state index contributed by atoms with van der Waals surface area (Å²) in [5, 5.41) is 9.08. The number of hydrogen-bond acceptors (Lipinski definition) is 3. The van der Waals surface area contributed by atoms with Crippen LogP contribution < -0.4 is 9.47 Å². The van der Waals surface area contributed by atoms with Crippen molar-refractivity contribution in [2.24, 2.45) is 0 Å². The number of fused-ring (bicyclic) bond motifs is 1. The number of benzene rings is 1. The number of unbranched alkanes of at least 4 members (excludes halogenated alkanes) is 2. The summed E-state index contributed by atoms with van der Waals surface area (Å²) in [4.78, 5) is 11.0. The Morgan fingerprint density at radius 3 is 2.95 bits per heavy atom. The zero-order valence-electron chi connectivity index (χ0n) is 11.2. The molecule has 0 bridgehead atoms. The van der Waals surface area contributed by atoms with E-state index in [1.165, 1.54) is 0 Å². The van der Waals surface area contributed by atoms with Gasteiger partial charge in [0, 0.05) is 5.56 Å². The maximum atomic E-state index is 11.0. The third kappa shape index (κ3) is 3.40. The summed E-state index contributed by atoms with van der Waals surface area (Å²) in [5.74, 6) is 0.687. The summed E-state index contributed by atoms with van der Waals surface area (Å²) in [6.07, 6.45) is 4.32. The van der Waals surface area contributed by atoms with Crippen molar-refractivity contribution < 1.29 is 19.4 Å². The fraction of sp³-hybridized carbons (Fsp3) is 0.533. The van der Waals surface area contributed by atoms with E-state index < -0.39 is 5.97 Å². The maximum absolute atomic E-state index is 11.0. The lowest BCUT2D eigenvalue weighted by Gasteiger charge is -2.17. The molecule has 4 heteroatoms. The first kappa shape index (κ1) is 13.7. The number of carbonyl (C=O) groups is 1. The summed E-state index contributed by atoms with van der Waals surface area (Å²) in [5.41, 5.74) is 0.966. The number of hydrogen-bond donors (Lipinski definition) is 1. The van der Waals surface area contributed by atoms with Gasteiger partial charge in [-0.25, -0.2) is 0 Å². The van der Waals surface area contributed by atoms with Crippen molar-refractivity contribution in [3.8, 4) is 11.5 Å². The van der Waals surface area contributed by atoms with Crippen LogP contribution in [0.3, 0.4) is 0 Å². The van der Waals surface area contributed by atoms with E-state index in [9.17, 15) is 4.79 Å². The molecule has 1 aliphatic rings. The molecule has 4 nitrogen and oxygen atoms in total. The highest BCUT2D eigenvalue weighted by Gasteiger charge is 2.24. The van der Waals surface area contributed by atoms with Gasteiger partial charge >= 0.3 is 5.97 Å². The van der Waals surface area contributed by atoms with Gasteiger partial charge in [0.15, 0.2) is 11.5 Å². The van der Waals surface area contributed by atoms with E-state index >= 15 is 0 Å². The molecule has 0 unspecified atom stereocenters. The minimum absolute atomic E-state index is 0.000648. The van der Waals surface area contributed by atoms with Gasteiger partial charge in [-0.2, -0.15) is 0 Å². The average molecular weight is 264 g/mol. The molecule has 1 heterocycles. The van der Waals surface area contributed by atoms with E-state index in [1.54, 1.807) is 0 Å². The monoisotopic (exact) mass is 264 g/mol. The van der Waals surface area contributed by atoms with Crippen LogP contribution in [0.2, 0.25) is 0 Å². The zero-order chi connectivity index (χ0) is 13.7. The third-order valence-electron chi connectivity index (χ3n) is 3.44. The number of para-hydroxylation sites is 1. The Morgan fingerprint density at radius 2 is 2.21 bits per heavy atom. The molecule has 0 fully saturated rings. The minimum atomic E-state index is -0.766. The molecule has 0 aliphatic carbocycles. The van der Waals surface area contributed by atoms with Gasteiger partial charge in [-0.05, 0) is 18.4 Å². The van der Waals surface area contributed by atoms with Crippen molar-refractivity contribution in [2.45, 2.75) is 44.9 Å². The molecule has 2 rings (SSSR count). The molecular weight excluding hydrogens is 244 g/mol. The lowest BCUT2D eigenvalue weighted by Crippen LogP contribution is -2.07. The fourth-order valence-electron chi connectivity index (χ4n) is 2.49. The molecule has 0 saturated carbocycles. The van der Waals surface area contributed by atoms with E-state index in [2.05, 4.69) is 6.92 Å². The van der Waals surface area contributed by atoms with Crippen molar-refractivity contribution in [1.29, 1.82) is 0 Å². The van der Waals surface area contributed by atoms with Gasteiger partial charge in [0.1, 0.15) is 0 Å². The van der Waals surface area contributed by atoms with Crippen LogP contribution in [0.25, 0.3) is 0 Å². The van der Waals surface area contributed by atoms with Crippen LogP contribution in [0.1, 0.15) is 50.5 Å². The molecular formula is C15H20O4. The van der Waals surface area contributed by atoms with Crippen LogP contribution in [0.15, 0.2) is 18.2 Å². The smallest absolute Gasteiger partial charge is 0.303 e. The molecule has 104 valence electrons. The summed E-state index contributed by atoms with van der Waals surface area (Å²) in [6.45, 7) is 2.37. The molecule has 19 heavy (non-hydrogen) atoms. The van der Waals surface area contributed by atoms with Gasteiger partial charge in [-0.15, -0.1) is 0 Å². The summed E-state index contributed by atoms with van der Waals surface area (Å²) in [7, 11) is 0. The number of carboxylic acids is 1. The van der Waals surface area contributed by atoms with Gasteiger partial charge < -0.3 is 14.6 Å². The first-order valence-corrected chi connectivity index (χ1v) is 6.82. The van der Waals surface area contributed by atoms with Gasteiger partial charge in [-0.3, -0.25) is 4.79 Å². The second kappa shape index (κ2) is 6.45. The summed E-state index contributed by atoms with van der Waals surface area (Å²) >= 11 is 0. The van der Waals surface area contributed by atoms with Gasteiger partial charge in [0.2, 0.25) is 6.79 Å². The van der Waals surface area contributed by atoms with E-state index in [1.807, 2.05) is 18.2 Å². The predicted octanol–water partition coefficient (Wildman–Crippen LogP) is 3.55. The van der Waals surface area contributed by atoms with Crippen molar-refractivity contribution in [2.75, 3.05) is 6.79 Å². The Hall–Kier alpha value is -1.71. The van der Waals surface area contributed by atoms with Gasteiger partial charge in [-0.1, -0.05) is 38.3 Å². The number of carboxylic acid groups (broad SMARTS) is 1. The quantitative estimate of drug-likeness (QED) is 0.765. The van der Waals surface area contributed by atoms with E-state index in [0.29, 0.717) is 0 Å². The molecule has 1 atom stereocenters. The van der Waals surface area contributed by atoms with Crippen LogP contribution in [-0.2, 0) is 4.79 Å². The Kier molecular flexibility index (Phi) is 4.66. The van der Waals surface area contributed by atoms with Crippen LogP contribution in [0.4, 0.5) is 0 Å². The molecule has 0 aromatic heterocycles. The van der Waals surface area contributed by atoms with E-state index in [-0.39, 0.29) is 19.1 Å². The fourth-order valence-corrected chi connectivity index (χ4v) is 2.49. The van der Waals surface area contributed by atoms with Crippen molar-refractivity contribution in [1.82, 2.24) is 0 Å². The Balaban J connectivity index is 2.17. The largest absolute Gasteiger partial charge is 0.481 e.